The van der Waals surface area contributed by atoms with Gasteiger partial charge in [0.05, 0.1) is 11.2 Å². The second-order valence-electron chi connectivity index (χ2n) is 6.71. The molecule has 1 heterocycles. The highest BCUT2D eigenvalue weighted by atomic mass is 32.2. The third kappa shape index (κ3) is 8.02. The Kier molecular flexibility index (Phi) is 11.5. The number of allylic oxidation sites excluding steroid dienone is 2. The highest BCUT2D eigenvalue weighted by Gasteiger charge is 2.26. The standard InChI is InChI=1S/C21H35N5OS/c1-7-10-12-26(17-22-4)21(27)19-15-18(20(28-19)23-11-8-2)16-25(6)14-13-24(5)9-3/h8,11,15-17H,7,9-10,12-14H2,1-6H3/b11-8-,18-16+,22-17?,23-20-. The first-order valence-electron chi connectivity index (χ1n) is 9.89. The number of thioether (sulfide) groups is 1. The van der Waals surface area contributed by atoms with E-state index in [0.29, 0.717) is 11.4 Å². The summed E-state index contributed by atoms with van der Waals surface area (Å²) in [6.07, 6.45) is 11.3. The van der Waals surface area contributed by atoms with Gasteiger partial charge in [-0.2, -0.15) is 0 Å². The van der Waals surface area contributed by atoms with E-state index in [0.717, 1.165) is 43.1 Å². The van der Waals surface area contributed by atoms with Gasteiger partial charge in [-0.1, -0.05) is 38.1 Å². The van der Waals surface area contributed by atoms with E-state index in [1.54, 1.807) is 24.5 Å². The number of hydrogen-bond acceptors (Lipinski definition) is 6. The van der Waals surface area contributed by atoms with Crippen molar-refractivity contribution < 1.29 is 4.79 Å². The molecule has 1 amide bonds. The van der Waals surface area contributed by atoms with Crippen LogP contribution in [0.4, 0.5) is 0 Å². The Balaban J connectivity index is 3.02. The number of hydrogen-bond donors (Lipinski definition) is 0. The fourth-order valence-corrected chi connectivity index (χ4v) is 3.39. The van der Waals surface area contributed by atoms with Crippen LogP contribution < -0.4 is 0 Å². The average Bonchev–Trinajstić information content (AvgIpc) is 3.09. The van der Waals surface area contributed by atoms with Crippen LogP contribution in [0.15, 0.2) is 45.0 Å². The van der Waals surface area contributed by atoms with Gasteiger partial charge in [-0.3, -0.25) is 14.7 Å². The molecule has 0 aromatic heterocycles. The third-order valence-electron chi connectivity index (χ3n) is 4.29. The number of likely N-dealkylation sites (N-methyl/N-ethyl adjacent to an activating group) is 2. The lowest BCUT2D eigenvalue weighted by atomic mass is 10.2. The lowest BCUT2D eigenvalue weighted by Crippen LogP contribution is -2.31. The van der Waals surface area contributed by atoms with Crippen LogP contribution in [0, 0.1) is 0 Å². The first-order valence-corrected chi connectivity index (χ1v) is 10.7. The van der Waals surface area contributed by atoms with Gasteiger partial charge < -0.3 is 9.80 Å². The van der Waals surface area contributed by atoms with Crippen LogP contribution >= 0.6 is 11.8 Å². The zero-order valence-electron chi connectivity index (χ0n) is 18.2. The van der Waals surface area contributed by atoms with Gasteiger partial charge in [0.15, 0.2) is 0 Å². The van der Waals surface area contributed by atoms with E-state index in [9.17, 15) is 4.79 Å². The van der Waals surface area contributed by atoms with Crippen LogP contribution in [0.5, 0.6) is 0 Å². The molecular weight excluding hydrogens is 370 g/mol. The topological polar surface area (TPSA) is 51.5 Å². The number of carbonyl (C=O) groups excluding carboxylic acids is 1. The molecule has 0 radical (unpaired) electrons. The molecule has 0 spiro atoms. The summed E-state index contributed by atoms with van der Waals surface area (Å²) in [5, 5.41) is 0.848. The van der Waals surface area contributed by atoms with Crippen molar-refractivity contribution in [3.8, 4) is 0 Å². The summed E-state index contributed by atoms with van der Waals surface area (Å²) in [7, 11) is 5.86. The van der Waals surface area contributed by atoms with Crippen LogP contribution in [0.3, 0.4) is 0 Å². The summed E-state index contributed by atoms with van der Waals surface area (Å²) < 4.78 is 0. The molecule has 1 aliphatic rings. The molecule has 0 saturated heterocycles. The van der Waals surface area contributed by atoms with Gasteiger partial charge in [-0.15, -0.1) is 0 Å². The quantitative estimate of drug-likeness (QED) is 0.389. The van der Waals surface area contributed by atoms with Crippen molar-refractivity contribution in [3.05, 3.63) is 35.0 Å². The van der Waals surface area contributed by atoms with Gasteiger partial charge in [0, 0.05) is 51.7 Å². The minimum absolute atomic E-state index is 0.0194. The first kappa shape index (κ1) is 24.2. The minimum atomic E-state index is -0.0194. The van der Waals surface area contributed by atoms with Gasteiger partial charge in [0.25, 0.3) is 5.91 Å². The number of aliphatic imine (C=N–C) groups is 2. The van der Waals surface area contributed by atoms with Crippen molar-refractivity contribution in [3.63, 3.8) is 0 Å². The van der Waals surface area contributed by atoms with Crippen LogP contribution in [0.1, 0.15) is 33.6 Å². The van der Waals surface area contributed by atoms with E-state index in [4.69, 9.17) is 0 Å². The first-order chi connectivity index (χ1) is 13.5. The Morgan fingerprint density at radius 3 is 2.57 bits per heavy atom. The monoisotopic (exact) mass is 405 g/mol. The van der Waals surface area contributed by atoms with Gasteiger partial charge in [0.2, 0.25) is 0 Å². The maximum Gasteiger partial charge on any atom is 0.265 e. The van der Waals surface area contributed by atoms with Crippen LogP contribution in [0.25, 0.3) is 0 Å². The lowest BCUT2D eigenvalue weighted by molar-refractivity contribution is -0.122. The maximum atomic E-state index is 13.0. The fourth-order valence-electron chi connectivity index (χ4n) is 2.45. The summed E-state index contributed by atoms with van der Waals surface area (Å²) in [5.41, 5.74) is 0.969. The molecular formula is C21H35N5OS. The SMILES string of the molecule is C\C=C/N=C1\SC(C(=O)N(C=NC)CCCC)=C\C1=C/N(C)CCN(C)CC. The van der Waals surface area contributed by atoms with Crippen LogP contribution in [0.2, 0.25) is 0 Å². The molecule has 0 aliphatic carbocycles. The van der Waals surface area contributed by atoms with E-state index < -0.39 is 0 Å². The van der Waals surface area contributed by atoms with E-state index in [2.05, 4.69) is 53.9 Å². The average molecular weight is 406 g/mol. The van der Waals surface area contributed by atoms with E-state index in [-0.39, 0.29) is 5.91 Å². The summed E-state index contributed by atoms with van der Waals surface area (Å²) in [6, 6.07) is 0. The molecule has 156 valence electrons. The number of rotatable bonds is 11. The largest absolute Gasteiger partial charge is 0.379 e. The van der Waals surface area contributed by atoms with Gasteiger partial charge >= 0.3 is 0 Å². The molecule has 0 unspecified atom stereocenters. The van der Waals surface area contributed by atoms with Crippen molar-refractivity contribution in [2.24, 2.45) is 9.98 Å². The molecule has 1 rings (SSSR count). The van der Waals surface area contributed by atoms with Crippen molar-refractivity contribution in [1.82, 2.24) is 14.7 Å². The van der Waals surface area contributed by atoms with Crippen LogP contribution in [-0.4, -0.2) is 79.3 Å². The summed E-state index contributed by atoms with van der Waals surface area (Å²) in [4.78, 5) is 28.3. The van der Waals surface area contributed by atoms with E-state index >= 15 is 0 Å². The van der Waals surface area contributed by atoms with Gasteiger partial charge in [-0.05, 0) is 33.0 Å². The number of nitrogens with zero attached hydrogens (tertiary/aromatic N) is 5. The Bertz CT molecular complexity index is 651. The minimum Gasteiger partial charge on any atom is -0.379 e. The smallest absolute Gasteiger partial charge is 0.265 e. The van der Waals surface area contributed by atoms with Crippen molar-refractivity contribution in [1.29, 1.82) is 0 Å². The molecule has 7 heteroatoms. The molecule has 0 fully saturated rings. The van der Waals surface area contributed by atoms with Crippen molar-refractivity contribution >= 4 is 29.1 Å². The Hall–Kier alpha value is -1.86. The summed E-state index contributed by atoms with van der Waals surface area (Å²) in [5.74, 6) is -0.0194. The second-order valence-corrected chi connectivity index (χ2v) is 7.74. The summed E-state index contributed by atoms with van der Waals surface area (Å²) in [6.45, 7) is 9.80. The Morgan fingerprint density at radius 1 is 1.21 bits per heavy atom. The lowest BCUT2D eigenvalue weighted by Gasteiger charge is -2.20. The number of amides is 1. The Morgan fingerprint density at radius 2 is 1.96 bits per heavy atom. The van der Waals surface area contributed by atoms with E-state index in [1.807, 2.05) is 19.1 Å². The Labute approximate surface area is 174 Å². The molecule has 0 N–H and O–H groups in total. The molecule has 28 heavy (non-hydrogen) atoms. The highest BCUT2D eigenvalue weighted by molar-refractivity contribution is 8.18. The highest BCUT2D eigenvalue weighted by Crippen LogP contribution is 2.33. The predicted octanol–water partition coefficient (Wildman–Crippen LogP) is 3.60. The molecule has 0 saturated carbocycles. The van der Waals surface area contributed by atoms with Crippen LogP contribution in [-0.2, 0) is 4.79 Å². The third-order valence-corrected chi connectivity index (χ3v) is 5.34. The fraction of sp³-hybridized carbons (Fsp3) is 0.571. The normalized spacial score (nSPS) is 17.5. The van der Waals surface area contributed by atoms with Crippen molar-refractivity contribution in [2.45, 2.75) is 33.6 Å². The van der Waals surface area contributed by atoms with Crippen molar-refractivity contribution in [2.75, 3.05) is 47.3 Å². The van der Waals surface area contributed by atoms with E-state index in [1.165, 1.54) is 11.8 Å². The maximum absolute atomic E-state index is 13.0. The molecule has 0 aromatic rings. The molecule has 0 aromatic carbocycles. The summed E-state index contributed by atoms with van der Waals surface area (Å²) >= 11 is 1.43. The van der Waals surface area contributed by atoms with Gasteiger partial charge in [0.1, 0.15) is 5.04 Å². The zero-order chi connectivity index (χ0) is 20.9. The number of unbranched alkanes of at least 4 members (excludes halogenated alkanes) is 1. The second kappa shape index (κ2) is 13.3. The number of carbonyl (C=O) groups is 1. The molecule has 0 atom stereocenters. The van der Waals surface area contributed by atoms with Gasteiger partial charge in [-0.25, -0.2) is 4.99 Å². The molecule has 6 nitrogen and oxygen atoms in total. The zero-order valence-corrected chi connectivity index (χ0v) is 19.0. The predicted molar refractivity (Wildman–Crippen MR) is 123 cm³/mol. The molecule has 1 aliphatic heterocycles. The molecule has 0 bridgehead atoms.